The quantitative estimate of drug-likeness (QED) is 0.921. The van der Waals surface area contributed by atoms with Crippen molar-refractivity contribution in [3.05, 3.63) is 21.4 Å². The minimum atomic E-state index is 0.201. The van der Waals surface area contributed by atoms with E-state index in [0.29, 0.717) is 6.04 Å². The number of aryl methyl sites for hydroxylation is 2. The Kier molecular flexibility index (Phi) is 3.89. The zero-order valence-electron chi connectivity index (χ0n) is 11.6. The van der Waals surface area contributed by atoms with Gasteiger partial charge in [0.05, 0.1) is 4.88 Å². The van der Waals surface area contributed by atoms with Gasteiger partial charge in [0.25, 0.3) is 5.91 Å². The van der Waals surface area contributed by atoms with Gasteiger partial charge in [-0.15, -0.1) is 11.3 Å². The smallest absolute Gasteiger partial charge is 0.263 e. The van der Waals surface area contributed by atoms with Crippen molar-refractivity contribution in [2.24, 2.45) is 0 Å². The van der Waals surface area contributed by atoms with Gasteiger partial charge in [0, 0.05) is 24.5 Å². The van der Waals surface area contributed by atoms with Crippen molar-refractivity contribution >= 4 is 17.2 Å². The summed E-state index contributed by atoms with van der Waals surface area (Å²) in [6.07, 6.45) is 7.34. The minimum Gasteiger partial charge on any atom is -0.339 e. The Hall–Kier alpha value is -0.870. The Morgan fingerprint density at radius 3 is 3.05 bits per heavy atom. The molecule has 1 aliphatic carbocycles. The normalized spacial score (nSPS) is 22.3. The van der Waals surface area contributed by atoms with Gasteiger partial charge < -0.3 is 10.2 Å². The lowest BCUT2D eigenvalue weighted by molar-refractivity contribution is 0.0780. The molecule has 0 radical (unpaired) electrons. The van der Waals surface area contributed by atoms with E-state index in [-0.39, 0.29) is 5.91 Å². The molecule has 1 saturated heterocycles. The molecule has 1 aromatic heterocycles. The number of hydrogen-bond donors (Lipinski definition) is 1. The average molecular weight is 278 g/mol. The molecule has 2 heterocycles. The van der Waals surface area contributed by atoms with Gasteiger partial charge in [-0.2, -0.15) is 0 Å². The summed E-state index contributed by atoms with van der Waals surface area (Å²) in [5.74, 6) is 0.201. The van der Waals surface area contributed by atoms with Crippen molar-refractivity contribution in [1.29, 1.82) is 0 Å². The van der Waals surface area contributed by atoms with Crippen molar-refractivity contribution in [2.75, 3.05) is 20.1 Å². The van der Waals surface area contributed by atoms with Gasteiger partial charge in [-0.1, -0.05) is 6.42 Å². The lowest BCUT2D eigenvalue weighted by Crippen LogP contribution is -2.44. The highest BCUT2D eigenvalue weighted by Gasteiger charge is 2.22. The Morgan fingerprint density at radius 1 is 1.42 bits per heavy atom. The number of nitrogens with zero attached hydrogens (tertiary/aromatic N) is 1. The second-order valence-corrected chi connectivity index (χ2v) is 6.88. The van der Waals surface area contributed by atoms with Gasteiger partial charge in [0.15, 0.2) is 0 Å². The molecule has 0 saturated carbocycles. The molecular formula is C15H22N2OS. The van der Waals surface area contributed by atoms with Crippen molar-refractivity contribution < 1.29 is 4.79 Å². The fourth-order valence-corrected chi connectivity index (χ4v) is 4.36. The Labute approximate surface area is 119 Å². The van der Waals surface area contributed by atoms with Crippen LogP contribution in [0.25, 0.3) is 0 Å². The van der Waals surface area contributed by atoms with Crippen molar-refractivity contribution in [1.82, 2.24) is 10.2 Å². The lowest BCUT2D eigenvalue weighted by Gasteiger charge is -2.28. The monoisotopic (exact) mass is 278 g/mol. The van der Waals surface area contributed by atoms with E-state index < -0.39 is 0 Å². The van der Waals surface area contributed by atoms with Crippen LogP contribution in [0.15, 0.2) is 6.07 Å². The third kappa shape index (κ3) is 2.84. The van der Waals surface area contributed by atoms with E-state index in [4.69, 9.17) is 0 Å². The van der Waals surface area contributed by atoms with E-state index in [1.54, 1.807) is 11.3 Å². The third-order valence-electron chi connectivity index (χ3n) is 4.21. The summed E-state index contributed by atoms with van der Waals surface area (Å²) >= 11 is 1.71. The Bertz CT molecular complexity index is 441. The van der Waals surface area contributed by atoms with Crippen LogP contribution in [0.1, 0.15) is 45.8 Å². The Morgan fingerprint density at radius 2 is 2.32 bits per heavy atom. The summed E-state index contributed by atoms with van der Waals surface area (Å²) in [6, 6.07) is 2.61. The number of carbonyl (C=O) groups excluding carboxylic acids is 1. The molecule has 19 heavy (non-hydrogen) atoms. The molecule has 2 aliphatic rings. The van der Waals surface area contributed by atoms with E-state index in [2.05, 4.69) is 11.4 Å². The summed E-state index contributed by atoms with van der Waals surface area (Å²) in [6.45, 7) is 1.93. The predicted molar refractivity (Wildman–Crippen MR) is 78.9 cm³/mol. The van der Waals surface area contributed by atoms with E-state index in [1.807, 2.05) is 11.9 Å². The maximum absolute atomic E-state index is 12.4. The van der Waals surface area contributed by atoms with Crippen molar-refractivity contribution in [2.45, 2.75) is 44.6 Å². The second-order valence-electron chi connectivity index (χ2n) is 5.75. The highest BCUT2D eigenvalue weighted by atomic mass is 32.1. The maximum atomic E-state index is 12.4. The van der Waals surface area contributed by atoms with E-state index in [1.165, 1.54) is 42.5 Å². The van der Waals surface area contributed by atoms with Crippen LogP contribution in [0.3, 0.4) is 0 Å². The number of nitrogens with one attached hydrogen (secondary N) is 1. The van der Waals surface area contributed by atoms with Crippen LogP contribution < -0.4 is 5.32 Å². The zero-order chi connectivity index (χ0) is 13.2. The summed E-state index contributed by atoms with van der Waals surface area (Å²) in [4.78, 5) is 16.7. The highest BCUT2D eigenvalue weighted by Crippen LogP contribution is 2.31. The fourth-order valence-electron chi connectivity index (χ4n) is 3.12. The molecule has 1 N–H and O–H groups in total. The highest BCUT2D eigenvalue weighted by molar-refractivity contribution is 7.14. The first-order valence-electron chi connectivity index (χ1n) is 7.34. The van der Waals surface area contributed by atoms with Crippen molar-refractivity contribution in [3.63, 3.8) is 0 Å². The Balaban J connectivity index is 1.62. The SMILES string of the molecule is CN(CC1CCCCN1)C(=O)c1cc2c(s1)CCC2. The first-order chi connectivity index (χ1) is 9.24. The van der Waals surface area contributed by atoms with Crippen LogP contribution in [-0.4, -0.2) is 37.0 Å². The molecule has 1 aliphatic heterocycles. The molecule has 1 atom stereocenters. The van der Waals surface area contributed by atoms with Gasteiger partial charge in [0.2, 0.25) is 0 Å². The summed E-state index contributed by atoms with van der Waals surface area (Å²) in [7, 11) is 1.93. The number of rotatable bonds is 3. The average Bonchev–Trinajstić information content (AvgIpc) is 2.99. The standard InChI is InChI=1S/C15H22N2OS/c1-17(10-12-6-2-3-8-16-12)15(18)14-9-11-5-4-7-13(11)19-14/h9,12,16H,2-8,10H2,1H3. The number of piperidine rings is 1. The van der Waals surface area contributed by atoms with Gasteiger partial charge in [-0.25, -0.2) is 0 Å². The molecule has 0 bridgehead atoms. The van der Waals surface area contributed by atoms with Gasteiger partial charge >= 0.3 is 0 Å². The minimum absolute atomic E-state index is 0.201. The number of fused-ring (bicyclic) bond motifs is 1. The number of carbonyl (C=O) groups is 1. The largest absolute Gasteiger partial charge is 0.339 e. The van der Waals surface area contributed by atoms with Crippen LogP contribution in [0.2, 0.25) is 0 Å². The van der Waals surface area contributed by atoms with Gasteiger partial charge in [-0.05, 0) is 50.3 Å². The third-order valence-corrected chi connectivity index (χ3v) is 5.44. The molecule has 1 unspecified atom stereocenters. The number of hydrogen-bond acceptors (Lipinski definition) is 3. The molecule has 4 heteroatoms. The fraction of sp³-hybridized carbons (Fsp3) is 0.667. The van der Waals surface area contributed by atoms with Crippen LogP contribution in [-0.2, 0) is 12.8 Å². The first-order valence-corrected chi connectivity index (χ1v) is 8.16. The van der Waals surface area contributed by atoms with Gasteiger partial charge in [0.1, 0.15) is 0 Å². The zero-order valence-corrected chi connectivity index (χ0v) is 12.4. The molecule has 3 rings (SSSR count). The number of amides is 1. The van der Waals surface area contributed by atoms with Crippen molar-refractivity contribution in [3.8, 4) is 0 Å². The van der Waals surface area contributed by atoms with E-state index >= 15 is 0 Å². The molecule has 0 aromatic carbocycles. The molecule has 0 spiro atoms. The topological polar surface area (TPSA) is 32.3 Å². The molecule has 1 amide bonds. The molecule has 1 aromatic rings. The summed E-state index contributed by atoms with van der Waals surface area (Å²) in [5, 5.41) is 3.50. The maximum Gasteiger partial charge on any atom is 0.263 e. The van der Waals surface area contributed by atoms with Gasteiger partial charge in [-0.3, -0.25) is 4.79 Å². The molecule has 104 valence electrons. The van der Waals surface area contributed by atoms with E-state index in [9.17, 15) is 4.79 Å². The summed E-state index contributed by atoms with van der Waals surface area (Å²) in [5.41, 5.74) is 1.41. The first kappa shape index (κ1) is 13.1. The molecular weight excluding hydrogens is 256 g/mol. The molecule has 1 fully saturated rings. The predicted octanol–water partition coefficient (Wildman–Crippen LogP) is 2.45. The second kappa shape index (κ2) is 5.63. The van der Waals surface area contributed by atoms with Crippen LogP contribution in [0, 0.1) is 0 Å². The summed E-state index contributed by atoms with van der Waals surface area (Å²) < 4.78 is 0. The van der Waals surface area contributed by atoms with E-state index in [0.717, 1.165) is 24.4 Å². The van der Waals surface area contributed by atoms with Crippen LogP contribution >= 0.6 is 11.3 Å². The van der Waals surface area contributed by atoms with Crippen LogP contribution in [0.4, 0.5) is 0 Å². The lowest BCUT2D eigenvalue weighted by atomic mass is 10.0. The number of thiophene rings is 1. The number of likely N-dealkylation sites (N-methyl/N-ethyl adjacent to an activating group) is 1. The van der Waals surface area contributed by atoms with Crippen LogP contribution in [0.5, 0.6) is 0 Å². The molecule has 3 nitrogen and oxygen atoms in total.